The Kier molecular flexibility index (Phi) is 4.87. The number of para-hydroxylation sites is 1. The fourth-order valence-electron chi connectivity index (χ4n) is 2.55. The molecule has 0 unspecified atom stereocenters. The van der Waals surface area contributed by atoms with Crippen molar-refractivity contribution in [3.05, 3.63) is 108 Å². The first-order chi connectivity index (χ1) is 11.8. The number of nitrogens with zero attached hydrogens (tertiary/aromatic N) is 1. The summed E-state index contributed by atoms with van der Waals surface area (Å²) < 4.78 is 0. The monoisotopic (exact) mass is 312 g/mol. The molecule has 0 aliphatic carbocycles. The Bertz CT molecular complexity index is 848. The Labute approximate surface area is 143 Å². The highest BCUT2D eigenvalue weighted by molar-refractivity contribution is 6.16. The van der Waals surface area contributed by atoms with Crippen LogP contribution in [0.4, 0.5) is 5.69 Å². The minimum Gasteiger partial charge on any atom is -0.398 e. The lowest BCUT2D eigenvalue weighted by atomic mass is 9.98. The summed E-state index contributed by atoms with van der Waals surface area (Å²) in [6, 6.07) is 30.1. The summed E-state index contributed by atoms with van der Waals surface area (Å²) in [5.41, 5.74) is 12.0. The van der Waals surface area contributed by atoms with Gasteiger partial charge >= 0.3 is 0 Å². The van der Waals surface area contributed by atoms with Crippen LogP contribution in [-0.4, -0.2) is 5.71 Å². The van der Waals surface area contributed by atoms with E-state index >= 15 is 0 Å². The molecule has 0 aliphatic rings. The zero-order chi connectivity index (χ0) is 16.8. The Morgan fingerprint density at radius 1 is 0.667 bits per heavy atom. The topological polar surface area (TPSA) is 38.4 Å². The van der Waals surface area contributed by atoms with Crippen molar-refractivity contribution in [1.29, 1.82) is 0 Å². The van der Waals surface area contributed by atoms with Crippen LogP contribution in [-0.2, 0) is 0 Å². The molecule has 3 aromatic carbocycles. The molecule has 0 bridgehead atoms. The summed E-state index contributed by atoms with van der Waals surface area (Å²) in [6.45, 7) is 2.02. The van der Waals surface area contributed by atoms with Crippen LogP contribution in [0.2, 0.25) is 0 Å². The molecule has 0 fully saturated rings. The molecule has 3 aromatic rings. The van der Waals surface area contributed by atoms with Crippen molar-refractivity contribution in [3.63, 3.8) is 0 Å². The summed E-state index contributed by atoms with van der Waals surface area (Å²) >= 11 is 0. The van der Waals surface area contributed by atoms with E-state index in [1.54, 1.807) is 0 Å². The van der Waals surface area contributed by atoms with E-state index in [4.69, 9.17) is 10.7 Å². The lowest BCUT2D eigenvalue weighted by molar-refractivity contribution is 1.41. The SMILES string of the molecule is C/C(C(=Nc1ccccc1)c1ccccc1)=C(/N)c1ccccc1. The van der Waals surface area contributed by atoms with Crippen LogP contribution in [0.3, 0.4) is 0 Å². The number of benzene rings is 3. The molecule has 118 valence electrons. The van der Waals surface area contributed by atoms with Crippen LogP contribution in [0, 0.1) is 0 Å². The molecule has 2 nitrogen and oxygen atoms in total. The van der Waals surface area contributed by atoms with Crippen LogP contribution < -0.4 is 5.73 Å². The predicted molar refractivity (Wildman–Crippen MR) is 102 cm³/mol. The van der Waals surface area contributed by atoms with Gasteiger partial charge in [0.25, 0.3) is 0 Å². The van der Waals surface area contributed by atoms with E-state index in [0.717, 1.165) is 33.8 Å². The van der Waals surface area contributed by atoms with Gasteiger partial charge in [-0.1, -0.05) is 78.9 Å². The van der Waals surface area contributed by atoms with Gasteiger partial charge in [0.15, 0.2) is 0 Å². The van der Waals surface area contributed by atoms with E-state index in [1.165, 1.54) is 0 Å². The molecule has 0 radical (unpaired) electrons. The normalized spacial score (nSPS) is 12.6. The number of hydrogen-bond donors (Lipinski definition) is 1. The van der Waals surface area contributed by atoms with Crippen molar-refractivity contribution >= 4 is 17.1 Å². The summed E-state index contributed by atoms with van der Waals surface area (Å²) in [5, 5.41) is 0. The first-order valence-corrected chi connectivity index (χ1v) is 7.97. The largest absolute Gasteiger partial charge is 0.398 e. The summed E-state index contributed by atoms with van der Waals surface area (Å²) in [7, 11) is 0. The molecule has 24 heavy (non-hydrogen) atoms. The van der Waals surface area contributed by atoms with E-state index in [1.807, 2.05) is 85.8 Å². The molecule has 0 aliphatic heterocycles. The van der Waals surface area contributed by atoms with Gasteiger partial charge in [0.2, 0.25) is 0 Å². The predicted octanol–water partition coefficient (Wildman–Crippen LogP) is 5.20. The van der Waals surface area contributed by atoms with E-state index in [0.29, 0.717) is 0 Å². The average Bonchev–Trinajstić information content (AvgIpc) is 2.67. The lowest BCUT2D eigenvalue weighted by Crippen LogP contribution is -2.09. The molecule has 0 saturated heterocycles. The van der Waals surface area contributed by atoms with Gasteiger partial charge in [-0.05, 0) is 30.2 Å². The first kappa shape index (κ1) is 15.8. The number of allylic oxidation sites excluding steroid dienone is 1. The van der Waals surface area contributed by atoms with E-state index in [-0.39, 0.29) is 0 Å². The highest BCUT2D eigenvalue weighted by Crippen LogP contribution is 2.21. The van der Waals surface area contributed by atoms with Crippen LogP contribution in [0.25, 0.3) is 5.70 Å². The lowest BCUT2D eigenvalue weighted by Gasteiger charge is -2.12. The third-order valence-corrected chi connectivity index (χ3v) is 3.89. The maximum absolute atomic E-state index is 6.43. The molecule has 0 amide bonds. The second-order valence-electron chi connectivity index (χ2n) is 5.57. The fraction of sp³-hybridized carbons (Fsp3) is 0.0455. The number of aliphatic imine (C=N–C) groups is 1. The molecular formula is C22H20N2. The zero-order valence-electron chi connectivity index (χ0n) is 13.7. The standard InChI is InChI=1S/C22H20N2/c1-17(21(23)18-11-5-2-6-12-18)22(19-13-7-3-8-14-19)24-20-15-9-4-10-16-20/h2-16H,23H2,1H3/b21-17-,24-22?. The maximum atomic E-state index is 6.43. The quantitative estimate of drug-likeness (QED) is 0.661. The van der Waals surface area contributed by atoms with Crippen LogP contribution in [0.1, 0.15) is 18.1 Å². The van der Waals surface area contributed by atoms with Crippen molar-refractivity contribution in [1.82, 2.24) is 0 Å². The van der Waals surface area contributed by atoms with Gasteiger partial charge in [-0.25, -0.2) is 4.99 Å². The van der Waals surface area contributed by atoms with Gasteiger partial charge in [0.05, 0.1) is 11.4 Å². The van der Waals surface area contributed by atoms with E-state index < -0.39 is 0 Å². The third-order valence-electron chi connectivity index (χ3n) is 3.89. The molecular weight excluding hydrogens is 292 g/mol. The minimum atomic E-state index is 0.745. The number of nitrogens with two attached hydrogens (primary N) is 1. The first-order valence-electron chi connectivity index (χ1n) is 7.97. The third kappa shape index (κ3) is 3.61. The Morgan fingerprint density at radius 2 is 1.12 bits per heavy atom. The Hall–Kier alpha value is -3.13. The van der Waals surface area contributed by atoms with Crippen molar-refractivity contribution < 1.29 is 0 Å². The molecule has 3 rings (SSSR count). The van der Waals surface area contributed by atoms with Crippen molar-refractivity contribution in [2.75, 3.05) is 0 Å². The van der Waals surface area contributed by atoms with Crippen molar-refractivity contribution in [2.45, 2.75) is 6.92 Å². The van der Waals surface area contributed by atoms with E-state index in [2.05, 4.69) is 12.1 Å². The minimum absolute atomic E-state index is 0.745. The second kappa shape index (κ2) is 7.42. The molecule has 0 atom stereocenters. The molecule has 2 N–H and O–H groups in total. The number of hydrogen-bond acceptors (Lipinski definition) is 2. The molecule has 0 aromatic heterocycles. The van der Waals surface area contributed by atoms with Crippen LogP contribution in [0.5, 0.6) is 0 Å². The second-order valence-corrected chi connectivity index (χ2v) is 5.57. The maximum Gasteiger partial charge on any atom is 0.0759 e. The summed E-state index contributed by atoms with van der Waals surface area (Å²) in [6.07, 6.45) is 0. The van der Waals surface area contributed by atoms with Gasteiger partial charge < -0.3 is 5.73 Å². The Balaban J connectivity index is 2.13. The highest BCUT2D eigenvalue weighted by Gasteiger charge is 2.11. The molecule has 0 spiro atoms. The smallest absolute Gasteiger partial charge is 0.0759 e. The van der Waals surface area contributed by atoms with Crippen molar-refractivity contribution in [3.8, 4) is 0 Å². The molecule has 0 heterocycles. The van der Waals surface area contributed by atoms with Crippen molar-refractivity contribution in [2.24, 2.45) is 10.7 Å². The fourth-order valence-corrected chi connectivity index (χ4v) is 2.55. The zero-order valence-corrected chi connectivity index (χ0v) is 13.7. The van der Waals surface area contributed by atoms with Gasteiger partial charge in [0.1, 0.15) is 0 Å². The van der Waals surface area contributed by atoms with Gasteiger partial charge in [-0.15, -0.1) is 0 Å². The van der Waals surface area contributed by atoms with Gasteiger partial charge in [0, 0.05) is 11.3 Å². The Morgan fingerprint density at radius 3 is 1.67 bits per heavy atom. The van der Waals surface area contributed by atoms with Crippen LogP contribution in [0.15, 0.2) is 102 Å². The molecule has 2 heteroatoms. The average molecular weight is 312 g/mol. The van der Waals surface area contributed by atoms with E-state index in [9.17, 15) is 0 Å². The van der Waals surface area contributed by atoms with Crippen LogP contribution >= 0.6 is 0 Å². The summed E-state index contributed by atoms with van der Waals surface area (Å²) in [4.78, 5) is 4.85. The molecule has 0 saturated carbocycles. The highest BCUT2D eigenvalue weighted by atomic mass is 14.8. The summed E-state index contributed by atoms with van der Waals surface area (Å²) in [5.74, 6) is 0. The van der Waals surface area contributed by atoms with Gasteiger partial charge in [-0.3, -0.25) is 0 Å². The number of rotatable bonds is 4. The van der Waals surface area contributed by atoms with Gasteiger partial charge in [-0.2, -0.15) is 0 Å².